The minimum absolute atomic E-state index is 0.0895. The highest BCUT2D eigenvalue weighted by atomic mass is 35.5. The molecule has 0 saturated heterocycles. The summed E-state index contributed by atoms with van der Waals surface area (Å²) in [6.45, 7) is 1.95. The van der Waals surface area contributed by atoms with Crippen molar-refractivity contribution in [3.8, 4) is 0 Å². The molecule has 0 spiro atoms. The molecule has 2 unspecified atom stereocenters. The molecule has 0 bridgehead atoms. The number of carbonyl (C=O) groups excluding carboxylic acids is 1. The summed E-state index contributed by atoms with van der Waals surface area (Å²) in [6.07, 6.45) is 3.25. The Hall–Kier alpha value is -1.45. The summed E-state index contributed by atoms with van der Waals surface area (Å²) in [6, 6.07) is 16.2. The van der Waals surface area contributed by atoms with E-state index in [-0.39, 0.29) is 17.2 Å². The maximum absolute atomic E-state index is 12.5. The fourth-order valence-corrected chi connectivity index (χ4v) is 3.97. The highest BCUT2D eigenvalue weighted by Gasteiger charge is 2.23. The number of nitrogens with one attached hydrogen (secondary N) is 1. The first-order valence-corrected chi connectivity index (χ1v) is 9.19. The molecule has 4 heteroatoms. The number of rotatable bonds is 4. The van der Waals surface area contributed by atoms with Gasteiger partial charge in [-0.05, 0) is 61.6 Å². The van der Waals surface area contributed by atoms with Crippen LogP contribution < -0.4 is 5.32 Å². The van der Waals surface area contributed by atoms with Crippen molar-refractivity contribution in [1.82, 2.24) is 5.32 Å². The monoisotopic (exact) mass is 345 g/mol. The third-order valence-corrected chi connectivity index (χ3v) is 5.55. The Morgan fingerprint density at radius 1 is 1.22 bits per heavy atom. The van der Waals surface area contributed by atoms with Gasteiger partial charge in [0.25, 0.3) is 0 Å². The van der Waals surface area contributed by atoms with Crippen LogP contribution in [0.15, 0.2) is 53.4 Å². The van der Waals surface area contributed by atoms with Crippen LogP contribution in [0.4, 0.5) is 0 Å². The lowest BCUT2D eigenvalue weighted by molar-refractivity contribution is -0.121. The lowest BCUT2D eigenvalue weighted by Gasteiger charge is -2.27. The zero-order valence-corrected chi connectivity index (χ0v) is 14.7. The second-order valence-electron chi connectivity index (χ2n) is 5.87. The van der Waals surface area contributed by atoms with E-state index in [4.69, 9.17) is 11.6 Å². The first kappa shape index (κ1) is 16.4. The van der Waals surface area contributed by atoms with Gasteiger partial charge in [-0.2, -0.15) is 0 Å². The van der Waals surface area contributed by atoms with E-state index in [1.54, 1.807) is 11.8 Å². The van der Waals surface area contributed by atoms with Gasteiger partial charge in [0.1, 0.15) is 0 Å². The van der Waals surface area contributed by atoms with Gasteiger partial charge in [-0.3, -0.25) is 4.79 Å². The molecule has 1 aliphatic carbocycles. The third-order valence-electron chi connectivity index (χ3n) is 4.18. The fourth-order valence-electron chi connectivity index (χ4n) is 2.96. The lowest BCUT2D eigenvalue weighted by Crippen LogP contribution is -2.35. The SMILES string of the molecule is CC(Sc1ccc(Cl)cc1)C(=O)NC1CCCc2ccccc21. The maximum atomic E-state index is 12.5. The Morgan fingerprint density at radius 3 is 2.74 bits per heavy atom. The molecular formula is C19H20ClNOS. The number of hydrogen-bond donors (Lipinski definition) is 1. The van der Waals surface area contributed by atoms with Crippen LogP contribution in [-0.4, -0.2) is 11.2 Å². The highest BCUT2D eigenvalue weighted by molar-refractivity contribution is 8.00. The van der Waals surface area contributed by atoms with Crippen LogP contribution in [0.2, 0.25) is 5.02 Å². The molecular weight excluding hydrogens is 326 g/mol. The summed E-state index contributed by atoms with van der Waals surface area (Å²) in [5.41, 5.74) is 2.64. The van der Waals surface area contributed by atoms with E-state index in [2.05, 4.69) is 29.6 Å². The number of fused-ring (bicyclic) bond motifs is 1. The highest BCUT2D eigenvalue weighted by Crippen LogP contribution is 2.30. The summed E-state index contributed by atoms with van der Waals surface area (Å²) in [5.74, 6) is 0.0895. The maximum Gasteiger partial charge on any atom is 0.233 e. The van der Waals surface area contributed by atoms with Crippen LogP contribution in [0.5, 0.6) is 0 Å². The predicted octanol–water partition coefficient (Wildman–Crippen LogP) is 5.01. The van der Waals surface area contributed by atoms with Crippen molar-refractivity contribution in [1.29, 1.82) is 0 Å². The molecule has 120 valence electrons. The van der Waals surface area contributed by atoms with Gasteiger partial charge in [0.2, 0.25) is 5.91 Å². The Labute approximate surface area is 146 Å². The van der Waals surface area contributed by atoms with Crippen LogP contribution in [0.25, 0.3) is 0 Å². The zero-order valence-electron chi connectivity index (χ0n) is 13.1. The number of thioether (sulfide) groups is 1. The average molecular weight is 346 g/mol. The number of aryl methyl sites for hydroxylation is 1. The Balaban J connectivity index is 1.64. The molecule has 2 aromatic rings. The van der Waals surface area contributed by atoms with Crippen LogP contribution in [0, 0.1) is 0 Å². The van der Waals surface area contributed by atoms with E-state index >= 15 is 0 Å². The Morgan fingerprint density at radius 2 is 1.96 bits per heavy atom. The van der Waals surface area contributed by atoms with Crippen molar-refractivity contribution in [3.63, 3.8) is 0 Å². The largest absolute Gasteiger partial charge is 0.348 e. The van der Waals surface area contributed by atoms with Gasteiger partial charge in [0.05, 0.1) is 11.3 Å². The molecule has 3 rings (SSSR count). The van der Waals surface area contributed by atoms with Gasteiger partial charge in [-0.25, -0.2) is 0 Å². The molecule has 23 heavy (non-hydrogen) atoms. The molecule has 1 aliphatic rings. The average Bonchev–Trinajstić information content (AvgIpc) is 2.57. The van der Waals surface area contributed by atoms with Gasteiger partial charge in [0, 0.05) is 9.92 Å². The number of amides is 1. The second kappa shape index (κ2) is 7.41. The molecule has 2 nitrogen and oxygen atoms in total. The van der Waals surface area contributed by atoms with Crippen LogP contribution in [-0.2, 0) is 11.2 Å². The summed E-state index contributed by atoms with van der Waals surface area (Å²) < 4.78 is 0. The van der Waals surface area contributed by atoms with Gasteiger partial charge >= 0.3 is 0 Å². The molecule has 0 aliphatic heterocycles. The van der Waals surface area contributed by atoms with Crippen molar-refractivity contribution in [2.75, 3.05) is 0 Å². The quantitative estimate of drug-likeness (QED) is 0.789. The van der Waals surface area contributed by atoms with E-state index in [0.29, 0.717) is 5.02 Å². The predicted molar refractivity (Wildman–Crippen MR) is 97.0 cm³/mol. The summed E-state index contributed by atoms with van der Waals surface area (Å²) >= 11 is 7.46. The number of halogens is 1. The zero-order chi connectivity index (χ0) is 16.2. The summed E-state index contributed by atoms with van der Waals surface area (Å²) in [5, 5.41) is 3.80. The topological polar surface area (TPSA) is 29.1 Å². The van der Waals surface area contributed by atoms with E-state index in [9.17, 15) is 4.79 Å². The second-order valence-corrected chi connectivity index (χ2v) is 7.72. The van der Waals surface area contributed by atoms with Crippen molar-refractivity contribution in [3.05, 3.63) is 64.7 Å². The number of benzene rings is 2. The van der Waals surface area contributed by atoms with Crippen molar-refractivity contribution in [2.24, 2.45) is 0 Å². The van der Waals surface area contributed by atoms with Crippen LogP contribution in [0.3, 0.4) is 0 Å². The minimum atomic E-state index is -0.134. The van der Waals surface area contributed by atoms with E-state index in [0.717, 1.165) is 24.2 Å². The Bertz CT molecular complexity index is 686. The number of hydrogen-bond acceptors (Lipinski definition) is 2. The van der Waals surface area contributed by atoms with Crippen molar-refractivity contribution < 1.29 is 4.79 Å². The van der Waals surface area contributed by atoms with Crippen LogP contribution >= 0.6 is 23.4 Å². The first-order chi connectivity index (χ1) is 11.1. The van der Waals surface area contributed by atoms with Gasteiger partial charge in [-0.15, -0.1) is 11.8 Å². The van der Waals surface area contributed by atoms with E-state index in [1.807, 2.05) is 31.2 Å². The molecule has 1 amide bonds. The standard InChI is InChI=1S/C19H20ClNOS/c1-13(23-16-11-9-15(20)10-12-16)19(22)21-18-8-4-6-14-5-2-3-7-17(14)18/h2-3,5,7,9-13,18H,4,6,8H2,1H3,(H,21,22). The normalized spacial score (nSPS) is 18.1. The first-order valence-electron chi connectivity index (χ1n) is 7.94. The molecule has 0 heterocycles. The van der Waals surface area contributed by atoms with Gasteiger partial charge in [0.15, 0.2) is 0 Å². The number of carbonyl (C=O) groups is 1. The van der Waals surface area contributed by atoms with Gasteiger partial charge < -0.3 is 5.32 Å². The van der Waals surface area contributed by atoms with Gasteiger partial charge in [-0.1, -0.05) is 35.9 Å². The summed E-state index contributed by atoms with van der Waals surface area (Å²) in [4.78, 5) is 13.6. The minimum Gasteiger partial charge on any atom is -0.348 e. The lowest BCUT2D eigenvalue weighted by atomic mass is 9.88. The van der Waals surface area contributed by atoms with Crippen molar-refractivity contribution in [2.45, 2.75) is 42.4 Å². The third kappa shape index (κ3) is 4.10. The molecule has 0 saturated carbocycles. The smallest absolute Gasteiger partial charge is 0.233 e. The molecule has 1 N–H and O–H groups in total. The molecule has 0 fully saturated rings. The van der Waals surface area contributed by atoms with Crippen LogP contribution in [0.1, 0.15) is 36.9 Å². The van der Waals surface area contributed by atoms with E-state index < -0.39 is 0 Å². The molecule has 2 atom stereocenters. The molecule has 0 aromatic heterocycles. The van der Waals surface area contributed by atoms with E-state index in [1.165, 1.54) is 11.1 Å². The molecule has 2 aromatic carbocycles. The van der Waals surface area contributed by atoms with Crippen molar-refractivity contribution >= 4 is 29.3 Å². The summed E-state index contributed by atoms with van der Waals surface area (Å²) in [7, 11) is 0. The molecule has 0 radical (unpaired) electrons. The Kier molecular flexibility index (Phi) is 5.29. The fraction of sp³-hybridized carbons (Fsp3) is 0.316.